The van der Waals surface area contributed by atoms with Crippen molar-refractivity contribution in [2.75, 3.05) is 0 Å². The van der Waals surface area contributed by atoms with E-state index in [4.69, 9.17) is 4.42 Å². The molecule has 1 heterocycles. The van der Waals surface area contributed by atoms with Crippen LogP contribution in [0.4, 0.5) is 0 Å². The van der Waals surface area contributed by atoms with E-state index in [9.17, 15) is 9.90 Å². The first kappa shape index (κ1) is 11.8. The van der Waals surface area contributed by atoms with Crippen LogP contribution in [-0.2, 0) is 5.41 Å². The van der Waals surface area contributed by atoms with Crippen molar-refractivity contribution in [2.45, 2.75) is 51.4 Å². The third-order valence-corrected chi connectivity index (χ3v) is 4.14. The van der Waals surface area contributed by atoms with Crippen LogP contribution in [0.15, 0.2) is 4.42 Å². The van der Waals surface area contributed by atoms with E-state index in [0.29, 0.717) is 17.5 Å². The van der Waals surface area contributed by atoms with Crippen molar-refractivity contribution in [3.05, 3.63) is 17.3 Å². The van der Waals surface area contributed by atoms with Crippen molar-refractivity contribution in [2.24, 2.45) is 11.8 Å². The molecule has 0 amide bonds. The highest BCUT2D eigenvalue weighted by molar-refractivity contribution is 5.86. The third kappa shape index (κ3) is 1.84. The van der Waals surface area contributed by atoms with E-state index in [-0.39, 0.29) is 11.2 Å². The zero-order valence-corrected chi connectivity index (χ0v) is 11.1. The highest BCUT2D eigenvalue weighted by Gasteiger charge is 2.48. The molecule has 0 saturated heterocycles. The highest BCUT2D eigenvalue weighted by atomic mass is 16.4. The molecule has 0 spiro atoms. The second-order valence-electron chi connectivity index (χ2n) is 6.71. The molecular formula is C14H19NO3. The van der Waals surface area contributed by atoms with Gasteiger partial charge in [-0.15, -0.1) is 0 Å². The molecule has 1 aromatic heterocycles. The minimum Gasteiger partial charge on any atom is -0.475 e. The summed E-state index contributed by atoms with van der Waals surface area (Å²) in [6, 6.07) is 0. The summed E-state index contributed by atoms with van der Waals surface area (Å²) < 4.78 is 5.54. The number of hydrogen-bond acceptors (Lipinski definition) is 3. The number of nitrogens with zero attached hydrogens (tertiary/aromatic N) is 1. The highest BCUT2D eigenvalue weighted by Crippen LogP contribution is 2.57. The molecule has 0 radical (unpaired) electrons. The Labute approximate surface area is 106 Å². The summed E-state index contributed by atoms with van der Waals surface area (Å²) in [5.74, 6) is 1.67. The van der Waals surface area contributed by atoms with E-state index in [1.165, 1.54) is 6.42 Å². The number of carbonyl (C=O) groups is 1. The molecule has 1 N–H and O–H groups in total. The van der Waals surface area contributed by atoms with Gasteiger partial charge in [0.1, 0.15) is 0 Å². The summed E-state index contributed by atoms with van der Waals surface area (Å²) in [5.41, 5.74) is 0.280. The molecule has 2 aliphatic rings. The molecule has 1 aromatic rings. The zero-order chi connectivity index (χ0) is 13.1. The van der Waals surface area contributed by atoms with Crippen molar-refractivity contribution >= 4 is 5.97 Å². The topological polar surface area (TPSA) is 63.3 Å². The molecule has 98 valence electrons. The van der Waals surface area contributed by atoms with Crippen LogP contribution in [-0.4, -0.2) is 16.1 Å². The molecule has 4 heteroatoms. The normalized spacial score (nSPS) is 30.3. The first-order valence-electron chi connectivity index (χ1n) is 6.60. The van der Waals surface area contributed by atoms with Crippen LogP contribution in [0.3, 0.4) is 0 Å². The zero-order valence-electron chi connectivity index (χ0n) is 11.1. The molecule has 2 unspecified atom stereocenters. The summed E-state index contributed by atoms with van der Waals surface area (Å²) in [5, 5.41) is 9.21. The van der Waals surface area contributed by atoms with Crippen LogP contribution >= 0.6 is 0 Å². The Morgan fingerprint density at radius 1 is 1.28 bits per heavy atom. The molecule has 0 aromatic carbocycles. The maximum Gasteiger partial charge on any atom is 0.373 e. The van der Waals surface area contributed by atoms with Gasteiger partial charge in [-0.3, -0.25) is 0 Å². The molecule has 2 fully saturated rings. The van der Waals surface area contributed by atoms with Crippen LogP contribution in [0, 0.1) is 11.8 Å². The second kappa shape index (κ2) is 3.59. The van der Waals surface area contributed by atoms with Gasteiger partial charge in [0.15, 0.2) is 5.89 Å². The van der Waals surface area contributed by atoms with Crippen molar-refractivity contribution < 1.29 is 14.3 Å². The summed E-state index contributed by atoms with van der Waals surface area (Å²) in [6.45, 7) is 5.90. The van der Waals surface area contributed by atoms with E-state index < -0.39 is 5.97 Å². The first-order chi connectivity index (χ1) is 8.36. The van der Waals surface area contributed by atoms with Gasteiger partial charge in [-0.25, -0.2) is 9.78 Å². The van der Waals surface area contributed by atoms with Gasteiger partial charge < -0.3 is 9.52 Å². The van der Waals surface area contributed by atoms with Gasteiger partial charge in [0, 0.05) is 11.3 Å². The average molecular weight is 249 g/mol. The average Bonchev–Trinajstić information content (AvgIpc) is 2.76. The Bertz CT molecular complexity index is 488. The van der Waals surface area contributed by atoms with Gasteiger partial charge in [0.05, 0.1) is 5.69 Å². The van der Waals surface area contributed by atoms with E-state index >= 15 is 0 Å². The van der Waals surface area contributed by atoms with Crippen molar-refractivity contribution in [1.82, 2.24) is 4.98 Å². The minimum atomic E-state index is -1.01. The number of fused-ring (bicyclic) bond motifs is 1. The van der Waals surface area contributed by atoms with E-state index in [0.717, 1.165) is 24.7 Å². The number of hydrogen-bond donors (Lipinski definition) is 1. The number of aromatic nitrogens is 1. The Hall–Kier alpha value is -1.32. The van der Waals surface area contributed by atoms with Crippen LogP contribution < -0.4 is 0 Å². The van der Waals surface area contributed by atoms with Crippen LogP contribution in [0.1, 0.15) is 68.1 Å². The Kier molecular flexibility index (Phi) is 2.34. The fourth-order valence-electron chi connectivity index (χ4n) is 3.08. The Balaban J connectivity index is 1.94. The van der Waals surface area contributed by atoms with Gasteiger partial charge in [-0.05, 0) is 31.1 Å². The van der Waals surface area contributed by atoms with Crippen molar-refractivity contribution in [1.29, 1.82) is 0 Å². The lowest BCUT2D eigenvalue weighted by atomic mass is 9.91. The molecule has 3 rings (SSSR count). The van der Waals surface area contributed by atoms with Crippen molar-refractivity contribution in [3.63, 3.8) is 0 Å². The lowest BCUT2D eigenvalue weighted by molar-refractivity contribution is 0.0656. The molecule has 2 saturated carbocycles. The molecule has 18 heavy (non-hydrogen) atoms. The second-order valence-corrected chi connectivity index (χ2v) is 6.71. The van der Waals surface area contributed by atoms with Gasteiger partial charge in [0.2, 0.25) is 5.76 Å². The van der Waals surface area contributed by atoms with Crippen LogP contribution in [0.5, 0.6) is 0 Å². The smallest absolute Gasteiger partial charge is 0.373 e. The number of rotatable bonds is 2. The SMILES string of the molecule is CC(C)(C)c1nc(C2CC3CC3C2)oc1C(=O)O. The van der Waals surface area contributed by atoms with Crippen LogP contribution in [0.2, 0.25) is 0 Å². The number of aromatic carboxylic acids is 1. The molecule has 2 atom stereocenters. The molecule has 0 bridgehead atoms. The van der Waals surface area contributed by atoms with Gasteiger partial charge >= 0.3 is 5.97 Å². The van der Waals surface area contributed by atoms with Gasteiger partial charge in [-0.1, -0.05) is 20.8 Å². The molecular weight excluding hydrogens is 230 g/mol. The summed E-state index contributed by atoms with van der Waals surface area (Å²) >= 11 is 0. The number of carboxylic acid groups (broad SMARTS) is 1. The van der Waals surface area contributed by atoms with Gasteiger partial charge in [0.25, 0.3) is 0 Å². The predicted octanol–water partition coefficient (Wildman–Crippen LogP) is 3.18. The number of carboxylic acids is 1. The Morgan fingerprint density at radius 2 is 1.89 bits per heavy atom. The standard InChI is InChI=1S/C14H19NO3/c1-14(2,3)11-10(13(16)17)18-12(15-11)9-5-7-4-8(7)6-9/h7-9H,4-6H2,1-3H3,(H,16,17). The monoisotopic (exact) mass is 249 g/mol. The largest absolute Gasteiger partial charge is 0.475 e. The third-order valence-electron chi connectivity index (χ3n) is 4.14. The number of oxazole rings is 1. The lowest BCUT2D eigenvalue weighted by Crippen LogP contribution is -2.16. The minimum absolute atomic E-state index is 0.0260. The lowest BCUT2D eigenvalue weighted by Gasteiger charge is -2.14. The van der Waals surface area contributed by atoms with E-state index in [1.807, 2.05) is 20.8 Å². The molecule has 2 aliphatic carbocycles. The summed E-state index contributed by atoms with van der Waals surface area (Å²) in [4.78, 5) is 15.7. The fourth-order valence-corrected chi connectivity index (χ4v) is 3.08. The quantitative estimate of drug-likeness (QED) is 0.874. The molecule has 4 nitrogen and oxygen atoms in total. The maximum absolute atomic E-state index is 11.2. The van der Waals surface area contributed by atoms with Gasteiger partial charge in [-0.2, -0.15) is 0 Å². The predicted molar refractivity (Wildman–Crippen MR) is 65.7 cm³/mol. The van der Waals surface area contributed by atoms with E-state index in [1.54, 1.807) is 0 Å². The fraction of sp³-hybridized carbons (Fsp3) is 0.714. The first-order valence-corrected chi connectivity index (χ1v) is 6.60. The molecule has 0 aliphatic heterocycles. The Morgan fingerprint density at radius 3 is 2.33 bits per heavy atom. The maximum atomic E-state index is 11.2. The summed E-state index contributed by atoms with van der Waals surface area (Å²) in [6.07, 6.45) is 3.58. The summed E-state index contributed by atoms with van der Waals surface area (Å²) in [7, 11) is 0. The van der Waals surface area contributed by atoms with Crippen molar-refractivity contribution in [3.8, 4) is 0 Å². The van der Waals surface area contributed by atoms with Crippen LogP contribution in [0.25, 0.3) is 0 Å². The van der Waals surface area contributed by atoms with E-state index in [2.05, 4.69) is 4.98 Å².